The summed E-state index contributed by atoms with van der Waals surface area (Å²) in [7, 11) is 0. The highest BCUT2D eigenvalue weighted by Crippen LogP contribution is 2.16. The van der Waals surface area contributed by atoms with Crippen molar-refractivity contribution in [3.05, 3.63) is 45.3 Å². The normalized spacial score (nSPS) is 9.08. The van der Waals surface area contributed by atoms with Crippen LogP contribution in [0.3, 0.4) is 0 Å². The zero-order valence-electron chi connectivity index (χ0n) is 6.20. The van der Waals surface area contributed by atoms with Gasteiger partial charge in [0.25, 0.3) is 0 Å². The standard InChI is InChI=1S/C7H6BrN3O/c1-5(10-11-9)2-7-3-6(8)4-12-7/h3-4H,1-2H2. The molecule has 0 spiro atoms. The Balaban J connectivity index is 2.64. The van der Waals surface area contributed by atoms with E-state index in [1.165, 1.54) is 0 Å². The summed E-state index contributed by atoms with van der Waals surface area (Å²) in [6.45, 7) is 3.55. The molecule has 0 saturated heterocycles. The van der Waals surface area contributed by atoms with Gasteiger partial charge in [-0.3, -0.25) is 0 Å². The van der Waals surface area contributed by atoms with Crippen molar-refractivity contribution in [1.29, 1.82) is 0 Å². The quantitative estimate of drug-likeness (QED) is 0.444. The van der Waals surface area contributed by atoms with Crippen LogP contribution in [0.5, 0.6) is 0 Å². The van der Waals surface area contributed by atoms with E-state index in [2.05, 4.69) is 32.5 Å². The van der Waals surface area contributed by atoms with Gasteiger partial charge in [-0.05, 0) is 27.5 Å². The van der Waals surface area contributed by atoms with Crippen LogP contribution in [0.25, 0.3) is 10.4 Å². The molecule has 0 amide bonds. The Hall–Kier alpha value is -1.19. The molecule has 1 aromatic heterocycles. The van der Waals surface area contributed by atoms with Crippen LogP contribution >= 0.6 is 15.9 Å². The Labute approximate surface area is 77.6 Å². The van der Waals surface area contributed by atoms with Crippen molar-refractivity contribution in [2.75, 3.05) is 0 Å². The summed E-state index contributed by atoms with van der Waals surface area (Å²) in [5.41, 5.74) is 8.52. The van der Waals surface area contributed by atoms with Crippen molar-refractivity contribution < 1.29 is 4.42 Å². The van der Waals surface area contributed by atoms with Crippen LogP contribution in [0.4, 0.5) is 0 Å². The van der Waals surface area contributed by atoms with Gasteiger partial charge in [0, 0.05) is 17.0 Å². The molecule has 0 aliphatic carbocycles. The first-order valence-corrected chi connectivity index (χ1v) is 3.97. The molecule has 0 aliphatic heterocycles. The van der Waals surface area contributed by atoms with Gasteiger partial charge in [-0.15, -0.1) is 0 Å². The van der Waals surface area contributed by atoms with Gasteiger partial charge in [-0.2, -0.15) is 0 Å². The monoisotopic (exact) mass is 227 g/mol. The van der Waals surface area contributed by atoms with Crippen LogP contribution in [0.1, 0.15) is 5.76 Å². The average molecular weight is 228 g/mol. The van der Waals surface area contributed by atoms with Crippen LogP contribution in [0.15, 0.2) is 38.6 Å². The average Bonchev–Trinajstić information content (AvgIpc) is 2.36. The van der Waals surface area contributed by atoms with Crippen molar-refractivity contribution in [2.24, 2.45) is 5.11 Å². The van der Waals surface area contributed by atoms with Gasteiger partial charge in [0.15, 0.2) is 0 Å². The minimum Gasteiger partial charge on any atom is -0.468 e. The molecule has 1 rings (SSSR count). The van der Waals surface area contributed by atoms with Gasteiger partial charge in [0.05, 0.1) is 4.47 Å². The van der Waals surface area contributed by atoms with E-state index in [-0.39, 0.29) is 0 Å². The molecular weight excluding hydrogens is 222 g/mol. The third kappa shape index (κ3) is 2.45. The van der Waals surface area contributed by atoms with E-state index in [9.17, 15) is 0 Å². The number of hydrogen-bond acceptors (Lipinski definition) is 2. The Kier molecular flexibility index (Phi) is 2.96. The van der Waals surface area contributed by atoms with E-state index < -0.39 is 0 Å². The predicted octanol–water partition coefficient (Wildman–Crippen LogP) is 3.41. The topological polar surface area (TPSA) is 61.9 Å². The molecule has 1 heterocycles. The first-order chi connectivity index (χ1) is 5.72. The lowest BCUT2D eigenvalue weighted by Crippen LogP contribution is -1.80. The van der Waals surface area contributed by atoms with E-state index in [0.717, 1.165) is 10.2 Å². The smallest absolute Gasteiger partial charge is 0.109 e. The summed E-state index contributed by atoms with van der Waals surface area (Å²) in [4.78, 5) is 2.61. The molecule has 4 nitrogen and oxygen atoms in total. The summed E-state index contributed by atoms with van der Waals surface area (Å²) in [5, 5.41) is 3.34. The fourth-order valence-electron chi connectivity index (χ4n) is 0.746. The maximum absolute atomic E-state index is 8.08. The summed E-state index contributed by atoms with van der Waals surface area (Å²) in [5.74, 6) is 0.722. The molecule has 0 saturated carbocycles. The van der Waals surface area contributed by atoms with Crippen LogP contribution in [0, 0.1) is 0 Å². The van der Waals surface area contributed by atoms with Crippen molar-refractivity contribution in [3.8, 4) is 0 Å². The van der Waals surface area contributed by atoms with Gasteiger partial charge < -0.3 is 4.42 Å². The SMILES string of the molecule is C=C(Cc1cc(Br)co1)N=[N+]=[N-]. The highest BCUT2D eigenvalue weighted by atomic mass is 79.9. The molecule has 62 valence electrons. The van der Waals surface area contributed by atoms with Gasteiger partial charge in [-0.25, -0.2) is 0 Å². The predicted molar refractivity (Wildman–Crippen MR) is 48.4 cm³/mol. The first-order valence-electron chi connectivity index (χ1n) is 3.18. The van der Waals surface area contributed by atoms with Crippen molar-refractivity contribution in [2.45, 2.75) is 6.42 Å². The van der Waals surface area contributed by atoms with Crippen LogP contribution in [-0.4, -0.2) is 0 Å². The molecular formula is C7H6BrN3O. The fraction of sp³-hybridized carbons (Fsp3) is 0.143. The lowest BCUT2D eigenvalue weighted by atomic mass is 10.3. The second-order valence-corrected chi connectivity index (χ2v) is 3.08. The van der Waals surface area contributed by atoms with Crippen molar-refractivity contribution >= 4 is 15.9 Å². The molecule has 0 N–H and O–H groups in total. The van der Waals surface area contributed by atoms with Gasteiger partial charge in [-0.1, -0.05) is 11.7 Å². The van der Waals surface area contributed by atoms with Crippen molar-refractivity contribution in [1.82, 2.24) is 0 Å². The van der Waals surface area contributed by atoms with Crippen molar-refractivity contribution in [3.63, 3.8) is 0 Å². The molecule has 0 bridgehead atoms. The minimum absolute atomic E-state index is 0.440. The number of nitrogens with zero attached hydrogens (tertiary/aromatic N) is 3. The molecule has 0 aromatic carbocycles. The molecule has 0 unspecified atom stereocenters. The van der Waals surface area contributed by atoms with Gasteiger partial charge >= 0.3 is 0 Å². The maximum Gasteiger partial charge on any atom is 0.109 e. The largest absolute Gasteiger partial charge is 0.468 e. The van der Waals surface area contributed by atoms with E-state index in [1.54, 1.807) is 12.3 Å². The molecule has 0 radical (unpaired) electrons. The third-order valence-electron chi connectivity index (χ3n) is 1.19. The number of hydrogen-bond donors (Lipinski definition) is 0. The second kappa shape index (κ2) is 3.99. The number of rotatable bonds is 3. The molecule has 0 atom stereocenters. The van der Waals surface area contributed by atoms with E-state index in [0.29, 0.717) is 12.1 Å². The zero-order valence-corrected chi connectivity index (χ0v) is 7.78. The third-order valence-corrected chi connectivity index (χ3v) is 1.60. The summed E-state index contributed by atoms with van der Waals surface area (Å²) < 4.78 is 5.96. The van der Waals surface area contributed by atoms with Gasteiger partial charge in [0.1, 0.15) is 12.0 Å². The second-order valence-electron chi connectivity index (χ2n) is 2.16. The summed E-state index contributed by atoms with van der Waals surface area (Å²) in [6, 6.07) is 1.80. The first kappa shape index (κ1) is 8.90. The summed E-state index contributed by atoms with van der Waals surface area (Å²) >= 11 is 3.23. The van der Waals surface area contributed by atoms with E-state index in [4.69, 9.17) is 9.95 Å². The number of furan rings is 1. The number of azide groups is 1. The van der Waals surface area contributed by atoms with E-state index in [1.807, 2.05) is 0 Å². The van der Waals surface area contributed by atoms with Crippen LogP contribution in [0.2, 0.25) is 0 Å². The zero-order chi connectivity index (χ0) is 8.97. The number of allylic oxidation sites excluding steroid dienone is 1. The molecule has 1 aromatic rings. The molecule has 0 fully saturated rings. The van der Waals surface area contributed by atoms with Gasteiger partial charge in [0.2, 0.25) is 0 Å². The number of halogens is 1. The Morgan fingerprint density at radius 1 is 1.83 bits per heavy atom. The fourth-order valence-corrected chi connectivity index (χ4v) is 1.10. The summed E-state index contributed by atoms with van der Waals surface area (Å²) in [6.07, 6.45) is 2.01. The highest BCUT2D eigenvalue weighted by Gasteiger charge is 2.00. The Bertz CT molecular complexity index is 338. The maximum atomic E-state index is 8.08. The Morgan fingerprint density at radius 2 is 2.58 bits per heavy atom. The van der Waals surface area contributed by atoms with Crippen LogP contribution in [-0.2, 0) is 6.42 Å². The van der Waals surface area contributed by atoms with E-state index >= 15 is 0 Å². The molecule has 0 aliphatic rings. The molecule has 5 heteroatoms. The minimum atomic E-state index is 0.440. The lowest BCUT2D eigenvalue weighted by Gasteiger charge is -1.91. The Morgan fingerprint density at radius 3 is 3.08 bits per heavy atom. The van der Waals surface area contributed by atoms with Crippen LogP contribution < -0.4 is 0 Å². The lowest BCUT2D eigenvalue weighted by molar-refractivity contribution is 0.518. The highest BCUT2D eigenvalue weighted by molar-refractivity contribution is 9.10. The molecule has 12 heavy (non-hydrogen) atoms.